The van der Waals surface area contributed by atoms with Crippen LogP contribution in [-0.4, -0.2) is 15.9 Å². The van der Waals surface area contributed by atoms with Gasteiger partial charge < -0.3 is 5.73 Å². The lowest BCUT2D eigenvalue weighted by atomic mass is 10.3. The first-order valence-electron chi connectivity index (χ1n) is 4.02. The topological polar surface area (TPSA) is 56.0 Å². The molecule has 1 aromatic rings. The number of nitrogens with zero attached hydrogens (tertiary/aromatic N) is 1. The molecule has 0 unspecified atom stereocenters. The quantitative estimate of drug-likeness (QED) is 0.703. The van der Waals surface area contributed by atoms with Crippen molar-refractivity contribution in [3.63, 3.8) is 0 Å². The van der Waals surface area contributed by atoms with Gasteiger partial charge >= 0.3 is 0 Å². The molecule has 1 heterocycles. The maximum absolute atomic E-state index is 10.6. The molecule has 72 valence electrons. The molecule has 0 fully saturated rings. The highest BCUT2D eigenvalue weighted by atomic mass is 32.2. The van der Waals surface area contributed by atoms with E-state index in [-0.39, 0.29) is 5.12 Å². The fraction of sp³-hybridized carbons (Fsp3) is 0.200. The molecule has 0 atom stereocenters. The summed E-state index contributed by atoms with van der Waals surface area (Å²) < 4.78 is 0. The van der Waals surface area contributed by atoms with Gasteiger partial charge in [0.05, 0.1) is 5.75 Å². The molecule has 0 aromatic carbocycles. The third kappa shape index (κ3) is 3.97. The second kappa shape index (κ2) is 5.30. The Balaban J connectivity index is 2.55. The molecule has 0 amide bonds. The molecule has 0 saturated heterocycles. The summed E-state index contributed by atoms with van der Waals surface area (Å²) in [6, 6.07) is 3.48. The third-order valence-electron chi connectivity index (χ3n) is 1.36. The van der Waals surface area contributed by atoms with Crippen molar-refractivity contribution in [1.82, 2.24) is 4.98 Å². The highest BCUT2D eigenvalue weighted by Gasteiger charge is 1.90. The van der Waals surface area contributed by atoms with Gasteiger partial charge in [-0.25, -0.2) is 4.98 Å². The Labute approximate surface area is 87.1 Å². The van der Waals surface area contributed by atoms with E-state index in [2.05, 4.69) is 16.8 Å². The fourth-order valence-corrected chi connectivity index (χ4v) is 1.15. The minimum Gasteiger partial charge on any atom is -0.384 e. The van der Waals surface area contributed by atoms with Gasteiger partial charge in [-0.15, -0.1) is 0 Å². The lowest BCUT2D eigenvalue weighted by Gasteiger charge is -1.91. The number of anilines is 1. The van der Waals surface area contributed by atoms with E-state index in [1.165, 1.54) is 18.7 Å². The highest BCUT2D eigenvalue weighted by molar-refractivity contribution is 8.13. The van der Waals surface area contributed by atoms with Crippen LogP contribution in [-0.2, 0) is 4.79 Å². The summed E-state index contributed by atoms with van der Waals surface area (Å²) in [6.07, 6.45) is 1.61. The highest BCUT2D eigenvalue weighted by Crippen LogP contribution is 2.02. The number of hydrogen-bond donors (Lipinski definition) is 1. The van der Waals surface area contributed by atoms with Crippen LogP contribution in [0.5, 0.6) is 0 Å². The number of thioether (sulfide) groups is 1. The van der Waals surface area contributed by atoms with Gasteiger partial charge in [-0.1, -0.05) is 23.6 Å². The maximum atomic E-state index is 10.6. The number of hydrogen-bond acceptors (Lipinski definition) is 4. The lowest BCUT2D eigenvalue weighted by molar-refractivity contribution is -0.109. The second-order valence-electron chi connectivity index (χ2n) is 2.55. The van der Waals surface area contributed by atoms with Crippen LogP contribution in [0.3, 0.4) is 0 Å². The summed E-state index contributed by atoms with van der Waals surface area (Å²) in [6.45, 7) is 1.52. The number of pyridine rings is 1. The van der Waals surface area contributed by atoms with Crippen LogP contribution in [0.25, 0.3) is 0 Å². The fourth-order valence-electron chi connectivity index (χ4n) is 0.802. The van der Waals surface area contributed by atoms with E-state index in [9.17, 15) is 4.79 Å². The van der Waals surface area contributed by atoms with Crippen LogP contribution in [0.2, 0.25) is 0 Å². The van der Waals surface area contributed by atoms with Crippen LogP contribution in [0, 0.1) is 11.8 Å². The zero-order chi connectivity index (χ0) is 10.4. The summed E-state index contributed by atoms with van der Waals surface area (Å²) in [5.74, 6) is 6.73. The molecular formula is C10H10N2OS. The van der Waals surface area contributed by atoms with Crippen LogP contribution in [0.1, 0.15) is 12.5 Å². The number of carbonyl (C=O) groups is 1. The first-order valence-corrected chi connectivity index (χ1v) is 5.01. The minimum absolute atomic E-state index is 0.0774. The van der Waals surface area contributed by atoms with E-state index in [4.69, 9.17) is 5.73 Å². The molecule has 1 rings (SSSR count). The zero-order valence-corrected chi connectivity index (χ0v) is 8.60. The summed E-state index contributed by atoms with van der Waals surface area (Å²) in [5, 5.41) is 0.0774. The van der Waals surface area contributed by atoms with E-state index < -0.39 is 0 Å². The molecule has 2 N–H and O–H groups in total. The zero-order valence-electron chi connectivity index (χ0n) is 7.78. The average molecular weight is 206 g/mol. The Morgan fingerprint density at radius 1 is 1.71 bits per heavy atom. The average Bonchev–Trinajstić information content (AvgIpc) is 2.12. The van der Waals surface area contributed by atoms with Gasteiger partial charge in [-0.3, -0.25) is 4.79 Å². The van der Waals surface area contributed by atoms with Gasteiger partial charge in [0.2, 0.25) is 0 Å². The van der Waals surface area contributed by atoms with E-state index in [1.54, 1.807) is 18.3 Å². The van der Waals surface area contributed by atoms with Gasteiger partial charge in [0.1, 0.15) is 5.82 Å². The van der Waals surface area contributed by atoms with Gasteiger partial charge in [-0.05, 0) is 12.1 Å². The Hall–Kier alpha value is -1.47. The molecule has 0 spiro atoms. The Kier molecular flexibility index (Phi) is 4.02. The van der Waals surface area contributed by atoms with Crippen molar-refractivity contribution in [2.75, 3.05) is 11.5 Å². The van der Waals surface area contributed by atoms with Gasteiger partial charge in [-0.2, -0.15) is 0 Å². The number of nitrogen functional groups attached to an aromatic ring is 1. The normalized spacial score (nSPS) is 8.93. The number of aromatic nitrogens is 1. The SMILES string of the molecule is CC(=O)SCC#Cc1ccnc(N)c1. The second-order valence-corrected chi connectivity index (χ2v) is 3.70. The van der Waals surface area contributed by atoms with Crippen LogP contribution < -0.4 is 5.73 Å². The molecule has 4 heteroatoms. The van der Waals surface area contributed by atoms with E-state index >= 15 is 0 Å². The Bertz CT molecular complexity index is 393. The molecule has 0 aliphatic carbocycles. The smallest absolute Gasteiger partial charge is 0.186 e. The third-order valence-corrected chi connectivity index (χ3v) is 2.06. The maximum Gasteiger partial charge on any atom is 0.186 e. The Morgan fingerprint density at radius 3 is 3.14 bits per heavy atom. The van der Waals surface area contributed by atoms with Crippen molar-refractivity contribution >= 4 is 22.7 Å². The predicted molar refractivity (Wildman–Crippen MR) is 58.7 cm³/mol. The van der Waals surface area contributed by atoms with Crippen molar-refractivity contribution in [3.8, 4) is 11.8 Å². The number of rotatable bonds is 1. The minimum atomic E-state index is 0.0774. The van der Waals surface area contributed by atoms with Crippen molar-refractivity contribution in [2.45, 2.75) is 6.92 Å². The number of carbonyl (C=O) groups excluding carboxylic acids is 1. The van der Waals surface area contributed by atoms with Crippen LogP contribution in [0.4, 0.5) is 5.82 Å². The molecule has 14 heavy (non-hydrogen) atoms. The molecular weight excluding hydrogens is 196 g/mol. The van der Waals surface area contributed by atoms with Crippen molar-refractivity contribution in [2.24, 2.45) is 0 Å². The predicted octanol–water partition coefficient (Wildman–Crippen LogP) is 1.30. The van der Waals surface area contributed by atoms with Gasteiger partial charge in [0.15, 0.2) is 5.12 Å². The summed E-state index contributed by atoms with van der Waals surface area (Å²) >= 11 is 1.20. The molecule has 3 nitrogen and oxygen atoms in total. The van der Waals surface area contributed by atoms with E-state index in [0.29, 0.717) is 11.6 Å². The van der Waals surface area contributed by atoms with Gasteiger partial charge in [0.25, 0.3) is 0 Å². The molecule has 0 aliphatic rings. The monoisotopic (exact) mass is 206 g/mol. The number of nitrogens with two attached hydrogens (primary N) is 1. The molecule has 0 saturated carbocycles. The Morgan fingerprint density at radius 2 is 2.50 bits per heavy atom. The lowest BCUT2D eigenvalue weighted by Crippen LogP contribution is -1.89. The molecule has 0 bridgehead atoms. The molecule has 0 radical (unpaired) electrons. The molecule has 1 aromatic heterocycles. The van der Waals surface area contributed by atoms with Crippen molar-refractivity contribution in [3.05, 3.63) is 23.9 Å². The van der Waals surface area contributed by atoms with Crippen molar-refractivity contribution in [1.29, 1.82) is 0 Å². The standard InChI is InChI=1S/C10H10N2OS/c1-8(13)14-6-2-3-9-4-5-12-10(11)7-9/h4-5,7H,6H2,1H3,(H2,11,12). The summed E-state index contributed by atoms with van der Waals surface area (Å²) in [4.78, 5) is 14.4. The van der Waals surface area contributed by atoms with Crippen LogP contribution >= 0.6 is 11.8 Å². The summed E-state index contributed by atoms with van der Waals surface area (Å²) in [5.41, 5.74) is 6.29. The summed E-state index contributed by atoms with van der Waals surface area (Å²) in [7, 11) is 0. The van der Waals surface area contributed by atoms with Gasteiger partial charge in [0, 0.05) is 18.7 Å². The van der Waals surface area contributed by atoms with E-state index in [1.807, 2.05) is 0 Å². The largest absolute Gasteiger partial charge is 0.384 e. The van der Waals surface area contributed by atoms with E-state index in [0.717, 1.165) is 5.56 Å². The van der Waals surface area contributed by atoms with Crippen LogP contribution in [0.15, 0.2) is 18.3 Å². The molecule has 0 aliphatic heterocycles. The van der Waals surface area contributed by atoms with Crippen molar-refractivity contribution < 1.29 is 4.79 Å². The first-order chi connectivity index (χ1) is 6.68. The first kappa shape index (κ1) is 10.6.